The van der Waals surface area contributed by atoms with E-state index in [0.717, 1.165) is 19.0 Å². The number of methoxy groups -OCH3 is 2. The van der Waals surface area contributed by atoms with E-state index < -0.39 is 0 Å². The van der Waals surface area contributed by atoms with Crippen LogP contribution in [0.4, 0.5) is 0 Å². The molecule has 24 heavy (non-hydrogen) atoms. The van der Waals surface area contributed by atoms with Crippen molar-refractivity contribution in [3.8, 4) is 11.5 Å². The Labute approximate surface area is 141 Å². The standard InChI is InChI=1S/C18H25N3O3/c1-4-12-6-5-7-21(10-12)11-17-19-14-9-16(24-3)15(23-2)8-13(14)18(22)20-17/h8-9,12H,4-7,10-11H2,1-3H3,(H,19,20,22)/t12-/m1/s1. The monoisotopic (exact) mass is 331 g/mol. The molecule has 2 aromatic rings. The average Bonchev–Trinajstić information content (AvgIpc) is 2.60. The zero-order valence-electron chi connectivity index (χ0n) is 14.6. The predicted octanol–water partition coefficient (Wildman–Crippen LogP) is 2.56. The summed E-state index contributed by atoms with van der Waals surface area (Å²) in [6.45, 7) is 5.05. The van der Waals surface area contributed by atoms with E-state index in [1.807, 2.05) is 0 Å². The van der Waals surface area contributed by atoms with Gasteiger partial charge in [-0.05, 0) is 31.4 Å². The van der Waals surface area contributed by atoms with Gasteiger partial charge in [-0.1, -0.05) is 13.3 Å². The van der Waals surface area contributed by atoms with Gasteiger partial charge in [-0.15, -0.1) is 0 Å². The van der Waals surface area contributed by atoms with Gasteiger partial charge in [0.05, 0.1) is 31.7 Å². The molecule has 6 heteroatoms. The van der Waals surface area contributed by atoms with Gasteiger partial charge < -0.3 is 14.5 Å². The van der Waals surface area contributed by atoms with E-state index in [9.17, 15) is 4.79 Å². The predicted molar refractivity (Wildman–Crippen MR) is 93.8 cm³/mol. The molecule has 130 valence electrons. The van der Waals surface area contributed by atoms with Gasteiger partial charge in [0.25, 0.3) is 5.56 Å². The second-order valence-corrected chi connectivity index (χ2v) is 6.39. The number of benzene rings is 1. The number of fused-ring (bicyclic) bond motifs is 1. The van der Waals surface area contributed by atoms with Gasteiger partial charge in [-0.3, -0.25) is 9.69 Å². The number of aromatic nitrogens is 2. The molecule has 0 amide bonds. The number of hydrogen-bond acceptors (Lipinski definition) is 5. The summed E-state index contributed by atoms with van der Waals surface area (Å²) in [5.41, 5.74) is 0.496. The second-order valence-electron chi connectivity index (χ2n) is 6.39. The first-order valence-electron chi connectivity index (χ1n) is 8.51. The third kappa shape index (κ3) is 3.38. The Morgan fingerprint density at radius 1 is 1.29 bits per heavy atom. The largest absolute Gasteiger partial charge is 0.493 e. The second kappa shape index (κ2) is 7.21. The van der Waals surface area contributed by atoms with Crippen LogP contribution in [0, 0.1) is 5.92 Å². The molecule has 0 bridgehead atoms. The van der Waals surface area contributed by atoms with Crippen LogP contribution in [0.15, 0.2) is 16.9 Å². The van der Waals surface area contributed by atoms with Gasteiger partial charge >= 0.3 is 0 Å². The lowest BCUT2D eigenvalue weighted by Gasteiger charge is -2.31. The molecule has 3 rings (SSSR count). The van der Waals surface area contributed by atoms with Crippen molar-refractivity contribution in [2.24, 2.45) is 5.92 Å². The number of nitrogens with one attached hydrogen (secondary N) is 1. The van der Waals surface area contributed by atoms with Crippen molar-refractivity contribution in [3.63, 3.8) is 0 Å². The van der Waals surface area contributed by atoms with Gasteiger partial charge in [0.15, 0.2) is 11.5 Å². The Hall–Kier alpha value is -2.08. The molecular formula is C18H25N3O3. The van der Waals surface area contributed by atoms with Gasteiger partial charge in [-0.25, -0.2) is 4.98 Å². The SMILES string of the molecule is CC[C@@H]1CCCN(Cc2nc3cc(OC)c(OC)cc3c(=O)[nH]2)C1. The Morgan fingerprint density at radius 3 is 2.75 bits per heavy atom. The van der Waals surface area contributed by atoms with E-state index in [2.05, 4.69) is 21.8 Å². The van der Waals surface area contributed by atoms with Crippen molar-refractivity contribution in [3.05, 3.63) is 28.3 Å². The Kier molecular flexibility index (Phi) is 5.04. The molecule has 1 atom stereocenters. The van der Waals surface area contributed by atoms with Crippen LogP contribution in [0.2, 0.25) is 0 Å². The van der Waals surface area contributed by atoms with Crippen molar-refractivity contribution in [1.29, 1.82) is 0 Å². The summed E-state index contributed by atoms with van der Waals surface area (Å²) in [6, 6.07) is 3.44. The van der Waals surface area contributed by atoms with Crippen LogP contribution in [-0.4, -0.2) is 42.2 Å². The van der Waals surface area contributed by atoms with E-state index in [1.165, 1.54) is 19.3 Å². The first kappa shape index (κ1) is 16.8. The van der Waals surface area contributed by atoms with Crippen molar-refractivity contribution in [2.45, 2.75) is 32.7 Å². The number of piperidine rings is 1. The summed E-state index contributed by atoms with van der Waals surface area (Å²) in [5, 5.41) is 0.515. The molecule has 6 nitrogen and oxygen atoms in total. The zero-order valence-corrected chi connectivity index (χ0v) is 14.6. The molecule has 1 N–H and O–H groups in total. The maximum Gasteiger partial charge on any atom is 0.258 e. The highest BCUT2D eigenvalue weighted by Gasteiger charge is 2.19. The van der Waals surface area contributed by atoms with Crippen molar-refractivity contribution in [1.82, 2.24) is 14.9 Å². The zero-order chi connectivity index (χ0) is 17.1. The van der Waals surface area contributed by atoms with Crippen molar-refractivity contribution < 1.29 is 9.47 Å². The summed E-state index contributed by atoms with van der Waals surface area (Å²) in [7, 11) is 3.14. The lowest BCUT2D eigenvalue weighted by Crippen LogP contribution is -2.35. The summed E-state index contributed by atoms with van der Waals surface area (Å²) in [5.74, 6) is 2.57. The molecule has 0 spiro atoms. The normalized spacial score (nSPS) is 18.7. The Morgan fingerprint density at radius 2 is 2.04 bits per heavy atom. The van der Waals surface area contributed by atoms with Crippen LogP contribution in [0.25, 0.3) is 10.9 Å². The summed E-state index contributed by atoms with van der Waals surface area (Å²) < 4.78 is 10.6. The number of likely N-dealkylation sites (tertiary alicyclic amines) is 1. The third-order valence-corrected chi connectivity index (χ3v) is 4.81. The molecule has 1 aromatic carbocycles. The maximum absolute atomic E-state index is 12.4. The molecule has 1 aliphatic rings. The minimum absolute atomic E-state index is 0.139. The minimum atomic E-state index is -0.139. The molecule has 0 unspecified atom stereocenters. The first-order chi connectivity index (χ1) is 11.6. The number of nitrogens with zero attached hydrogens (tertiary/aromatic N) is 2. The number of hydrogen-bond donors (Lipinski definition) is 1. The van der Waals surface area contributed by atoms with Crippen LogP contribution in [0.3, 0.4) is 0 Å². The quantitative estimate of drug-likeness (QED) is 0.912. The van der Waals surface area contributed by atoms with Crippen LogP contribution < -0.4 is 15.0 Å². The van der Waals surface area contributed by atoms with E-state index in [0.29, 0.717) is 34.8 Å². The van der Waals surface area contributed by atoms with Gasteiger partial charge in [0.2, 0.25) is 0 Å². The van der Waals surface area contributed by atoms with Crippen molar-refractivity contribution >= 4 is 10.9 Å². The fourth-order valence-electron chi connectivity index (χ4n) is 3.43. The Bertz CT molecular complexity index is 772. The minimum Gasteiger partial charge on any atom is -0.493 e. The molecule has 1 saturated heterocycles. The molecule has 1 aliphatic heterocycles. The van der Waals surface area contributed by atoms with Gasteiger partial charge in [0, 0.05) is 12.6 Å². The van der Waals surface area contributed by atoms with Crippen LogP contribution in [0.5, 0.6) is 11.5 Å². The topological polar surface area (TPSA) is 67.5 Å². The van der Waals surface area contributed by atoms with Crippen LogP contribution >= 0.6 is 0 Å². The molecule has 1 aromatic heterocycles. The van der Waals surface area contributed by atoms with E-state index in [-0.39, 0.29) is 5.56 Å². The Balaban J connectivity index is 1.91. The molecule has 0 saturated carbocycles. The van der Waals surface area contributed by atoms with Crippen molar-refractivity contribution in [2.75, 3.05) is 27.3 Å². The lowest BCUT2D eigenvalue weighted by atomic mass is 9.96. The van der Waals surface area contributed by atoms with Gasteiger partial charge in [-0.2, -0.15) is 0 Å². The molecule has 0 radical (unpaired) electrons. The average molecular weight is 331 g/mol. The molecule has 2 heterocycles. The number of ether oxygens (including phenoxy) is 2. The van der Waals surface area contributed by atoms with E-state index in [1.54, 1.807) is 26.4 Å². The molecular weight excluding hydrogens is 306 g/mol. The summed E-state index contributed by atoms with van der Waals surface area (Å²) in [6.07, 6.45) is 3.71. The van der Waals surface area contributed by atoms with Gasteiger partial charge in [0.1, 0.15) is 5.82 Å². The highest BCUT2D eigenvalue weighted by Crippen LogP contribution is 2.30. The lowest BCUT2D eigenvalue weighted by molar-refractivity contribution is 0.161. The third-order valence-electron chi connectivity index (χ3n) is 4.81. The summed E-state index contributed by atoms with van der Waals surface area (Å²) >= 11 is 0. The van der Waals surface area contributed by atoms with Crippen LogP contribution in [-0.2, 0) is 6.54 Å². The van der Waals surface area contributed by atoms with Crippen LogP contribution in [0.1, 0.15) is 32.0 Å². The number of rotatable bonds is 5. The van der Waals surface area contributed by atoms with E-state index >= 15 is 0 Å². The fourth-order valence-corrected chi connectivity index (χ4v) is 3.43. The number of aromatic amines is 1. The highest BCUT2D eigenvalue weighted by atomic mass is 16.5. The number of H-pyrrole nitrogens is 1. The summed E-state index contributed by atoms with van der Waals surface area (Å²) in [4.78, 5) is 22.3. The van der Waals surface area contributed by atoms with E-state index in [4.69, 9.17) is 9.47 Å². The smallest absolute Gasteiger partial charge is 0.258 e. The fraction of sp³-hybridized carbons (Fsp3) is 0.556. The molecule has 1 fully saturated rings. The first-order valence-corrected chi connectivity index (χ1v) is 8.51. The maximum atomic E-state index is 12.4. The molecule has 0 aliphatic carbocycles. The highest BCUT2D eigenvalue weighted by molar-refractivity contribution is 5.81.